The molecule has 35 heavy (non-hydrogen) atoms. The minimum atomic E-state index is -1.25. The van der Waals surface area contributed by atoms with E-state index in [4.69, 9.17) is 9.47 Å². The second-order valence-corrected chi connectivity index (χ2v) is 9.88. The number of hydrogen-bond acceptors (Lipinski definition) is 6. The van der Waals surface area contributed by atoms with Crippen molar-refractivity contribution in [2.45, 2.75) is 76.2 Å². The van der Waals surface area contributed by atoms with Gasteiger partial charge in [-0.05, 0) is 51.0 Å². The Kier molecular flexibility index (Phi) is 7.29. The normalized spacial score (nSPS) is 29.3. The van der Waals surface area contributed by atoms with E-state index >= 15 is 0 Å². The Bertz CT molecular complexity index is 970. The summed E-state index contributed by atoms with van der Waals surface area (Å²) in [5, 5.41) is 9.37. The largest absolute Gasteiger partial charge is 0.466 e. The first kappa shape index (κ1) is 25.0. The quantitative estimate of drug-likeness (QED) is 0.546. The van der Waals surface area contributed by atoms with Crippen LogP contribution in [0.15, 0.2) is 30.3 Å². The number of nitrogens with zero attached hydrogens (tertiary/aromatic N) is 3. The summed E-state index contributed by atoms with van der Waals surface area (Å²) in [6.45, 7) is 1.73. The Hall–Kier alpha value is -3.15. The van der Waals surface area contributed by atoms with E-state index in [0.717, 1.165) is 5.56 Å². The number of nitriles is 1. The molecule has 1 aromatic rings. The van der Waals surface area contributed by atoms with Crippen molar-refractivity contribution in [2.75, 3.05) is 19.7 Å². The third-order valence-corrected chi connectivity index (χ3v) is 7.93. The highest BCUT2D eigenvalue weighted by Gasteiger charge is 2.57. The van der Waals surface area contributed by atoms with Gasteiger partial charge in [0, 0.05) is 12.0 Å². The molecule has 1 aliphatic heterocycles. The smallest absolute Gasteiger partial charge is 0.411 e. The van der Waals surface area contributed by atoms with Crippen LogP contribution in [0.4, 0.5) is 9.18 Å². The topological polar surface area (TPSA) is 99.9 Å². The fourth-order valence-electron chi connectivity index (χ4n) is 5.79. The zero-order valence-corrected chi connectivity index (χ0v) is 20.1. The standard InChI is InChI=1S/C26H32FN3O5/c1-2-34-23(32)25-8-11-26(12-9-25,13-10-25)30(24(33)35-18-19-6-4-3-5-7-19)17-22(31)29-16-20(27)14-21(29)15-28/h3-7,20-21H,2,8-14,16-18H2,1H3/t20-,21-,25?,26?/m0/s1. The maximum absolute atomic E-state index is 14.0. The number of alkyl halides is 1. The lowest BCUT2D eigenvalue weighted by molar-refractivity contribution is -0.167. The molecule has 2 amide bonds. The molecule has 9 heteroatoms. The van der Waals surface area contributed by atoms with Gasteiger partial charge in [-0.2, -0.15) is 5.26 Å². The predicted octanol–water partition coefficient (Wildman–Crippen LogP) is 3.74. The molecule has 0 N–H and O–H groups in total. The average Bonchev–Trinajstić information content (AvgIpc) is 3.28. The van der Waals surface area contributed by atoms with E-state index in [1.165, 1.54) is 9.80 Å². The van der Waals surface area contributed by atoms with Gasteiger partial charge in [-0.3, -0.25) is 14.5 Å². The van der Waals surface area contributed by atoms with Gasteiger partial charge in [0.15, 0.2) is 0 Å². The molecule has 4 aliphatic rings. The number of ether oxygens (including phenoxy) is 2. The van der Waals surface area contributed by atoms with Crippen molar-refractivity contribution < 1.29 is 28.2 Å². The first-order chi connectivity index (χ1) is 16.8. The third-order valence-electron chi connectivity index (χ3n) is 7.93. The van der Waals surface area contributed by atoms with Crippen LogP contribution in [0.25, 0.3) is 0 Å². The van der Waals surface area contributed by atoms with Crippen LogP contribution in [-0.4, -0.2) is 65.2 Å². The highest BCUT2D eigenvalue weighted by Crippen LogP contribution is 2.55. The van der Waals surface area contributed by atoms with Crippen molar-refractivity contribution >= 4 is 18.0 Å². The lowest BCUT2D eigenvalue weighted by atomic mass is 9.56. The maximum atomic E-state index is 14.0. The van der Waals surface area contributed by atoms with Crippen LogP contribution in [0.5, 0.6) is 0 Å². The van der Waals surface area contributed by atoms with Crippen LogP contribution in [0, 0.1) is 16.7 Å². The van der Waals surface area contributed by atoms with Crippen molar-refractivity contribution in [3.05, 3.63) is 35.9 Å². The molecule has 1 aromatic carbocycles. The van der Waals surface area contributed by atoms with Crippen LogP contribution >= 0.6 is 0 Å². The molecule has 0 unspecified atom stereocenters. The van der Waals surface area contributed by atoms with Gasteiger partial charge in [0.2, 0.25) is 5.91 Å². The summed E-state index contributed by atoms with van der Waals surface area (Å²) in [5.74, 6) is -0.652. The second-order valence-electron chi connectivity index (χ2n) is 9.88. The fraction of sp³-hybridized carbons (Fsp3) is 0.615. The minimum absolute atomic E-state index is 0.0199. The van der Waals surface area contributed by atoms with Crippen LogP contribution in [0.1, 0.15) is 57.4 Å². The van der Waals surface area contributed by atoms with Gasteiger partial charge in [-0.25, -0.2) is 9.18 Å². The molecule has 2 atom stereocenters. The van der Waals surface area contributed by atoms with Gasteiger partial charge in [-0.1, -0.05) is 30.3 Å². The Labute approximate surface area is 205 Å². The summed E-state index contributed by atoms with van der Waals surface area (Å²) in [7, 11) is 0. The van der Waals surface area contributed by atoms with Gasteiger partial charge >= 0.3 is 12.1 Å². The number of rotatable bonds is 7. The Morgan fingerprint density at radius 2 is 1.77 bits per heavy atom. The van der Waals surface area contributed by atoms with Crippen molar-refractivity contribution in [1.29, 1.82) is 5.26 Å². The zero-order valence-electron chi connectivity index (χ0n) is 20.1. The summed E-state index contributed by atoms with van der Waals surface area (Å²) < 4.78 is 24.9. The molecule has 4 fully saturated rings. The summed E-state index contributed by atoms with van der Waals surface area (Å²) in [6, 6.07) is 10.4. The van der Waals surface area contributed by atoms with Gasteiger partial charge in [0.1, 0.15) is 25.4 Å². The number of carbonyl (C=O) groups is 3. The number of halogens is 1. The number of hydrogen-bond donors (Lipinski definition) is 0. The monoisotopic (exact) mass is 485 g/mol. The van der Waals surface area contributed by atoms with Gasteiger partial charge in [0.25, 0.3) is 0 Å². The maximum Gasteiger partial charge on any atom is 0.411 e. The Balaban J connectivity index is 1.53. The number of carbonyl (C=O) groups excluding carboxylic acids is 3. The van der Waals surface area contributed by atoms with Crippen LogP contribution < -0.4 is 0 Å². The van der Waals surface area contributed by atoms with Gasteiger partial charge in [0.05, 0.1) is 24.6 Å². The van der Waals surface area contributed by atoms with E-state index in [9.17, 15) is 24.0 Å². The van der Waals surface area contributed by atoms with Crippen LogP contribution in [0.3, 0.4) is 0 Å². The van der Waals surface area contributed by atoms with E-state index < -0.39 is 35.2 Å². The average molecular weight is 486 g/mol. The van der Waals surface area contributed by atoms with E-state index in [0.29, 0.717) is 45.1 Å². The fourth-order valence-corrected chi connectivity index (χ4v) is 5.79. The molecule has 0 radical (unpaired) electrons. The van der Waals surface area contributed by atoms with E-state index in [1.807, 2.05) is 36.4 Å². The molecular weight excluding hydrogens is 453 g/mol. The molecule has 5 rings (SSSR count). The van der Waals surface area contributed by atoms with Crippen molar-refractivity contribution in [2.24, 2.45) is 5.41 Å². The number of benzene rings is 1. The molecule has 0 aromatic heterocycles. The SMILES string of the molecule is CCOC(=O)C12CCC(N(CC(=O)N3C[C@@H](F)C[C@H]3C#N)C(=O)OCc3ccccc3)(CC1)CC2. The molecule has 1 saturated heterocycles. The summed E-state index contributed by atoms with van der Waals surface area (Å²) >= 11 is 0. The molecule has 2 bridgehead atoms. The number of esters is 1. The Morgan fingerprint density at radius 3 is 2.37 bits per heavy atom. The third kappa shape index (κ3) is 4.97. The van der Waals surface area contributed by atoms with E-state index in [1.54, 1.807) is 6.92 Å². The van der Waals surface area contributed by atoms with Crippen LogP contribution in [0.2, 0.25) is 0 Å². The van der Waals surface area contributed by atoms with Crippen molar-refractivity contribution in [3.63, 3.8) is 0 Å². The molecule has 8 nitrogen and oxygen atoms in total. The number of likely N-dealkylation sites (tertiary alicyclic amines) is 1. The molecule has 0 spiro atoms. The lowest BCUT2D eigenvalue weighted by Crippen LogP contribution is -2.62. The lowest BCUT2D eigenvalue weighted by Gasteiger charge is -2.55. The summed E-state index contributed by atoms with van der Waals surface area (Å²) in [6.07, 6.45) is 1.46. The molecular formula is C26H32FN3O5. The minimum Gasteiger partial charge on any atom is -0.466 e. The van der Waals surface area contributed by atoms with E-state index in [2.05, 4.69) is 0 Å². The van der Waals surface area contributed by atoms with Crippen molar-refractivity contribution in [1.82, 2.24) is 9.80 Å². The summed E-state index contributed by atoms with van der Waals surface area (Å²) in [4.78, 5) is 41.9. The summed E-state index contributed by atoms with van der Waals surface area (Å²) in [5.41, 5.74) is -0.346. The molecule has 1 heterocycles. The van der Waals surface area contributed by atoms with Gasteiger partial charge in [-0.15, -0.1) is 0 Å². The Morgan fingerprint density at radius 1 is 1.11 bits per heavy atom. The van der Waals surface area contributed by atoms with Crippen molar-refractivity contribution in [3.8, 4) is 6.07 Å². The highest BCUT2D eigenvalue weighted by atomic mass is 19.1. The predicted molar refractivity (Wildman–Crippen MR) is 123 cm³/mol. The highest BCUT2D eigenvalue weighted by molar-refractivity contribution is 5.84. The number of amides is 2. The molecule has 188 valence electrons. The molecule has 3 saturated carbocycles. The van der Waals surface area contributed by atoms with Crippen LogP contribution in [-0.2, 0) is 25.7 Å². The van der Waals surface area contributed by atoms with E-state index in [-0.39, 0.29) is 32.1 Å². The second kappa shape index (κ2) is 10.2. The van der Waals surface area contributed by atoms with Gasteiger partial charge < -0.3 is 14.4 Å². The number of fused-ring (bicyclic) bond motifs is 3. The zero-order chi connectivity index (χ0) is 25.1. The first-order valence-electron chi connectivity index (χ1n) is 12.3. The first-order valence-corrected chi connectivity index (χ1v) is 12.3. The molecule has 3 aliphatic carbocycles.